The van der Waals surface area contributed by atoms with Crippen LogP contribution in [-0.4, -0.2) is 51.5 Å². The van der Waals surface area contributed by atoms with E-state index in [0.717, 1.165) is 24.9 Å². The number of carbonyl (C=O) groups is 2. The molecule has 0 bridgehead atoms. The number of nitrogens with one attached hydrogen (secondary N) is 1. The van der Waals surface area contributed by atoms with Gasteiger partial charge < -0.3 is 15.3 Å². The van der Waals surface area contributed by atoms with E-state index < -0.39 is 5.97 Å². The highest BCUT2D eigenvalue weighted by molar-refractivity contribution is 5.93. The Morgan fingerprint density at radius 3 is 2.50 bits per heavy atom. The SMILES string of the molecule is CCNc1ncc(C(=O)N2CC[C@@H](Cc3ccc(C(=O)O)cc3)C2)cn1. The number of anilines is 1. The number of carbonyl (C=O) groups excluding carboxylic acids is 1. The molecule has 1 saturated heterocycles. The molecule has 3 rings (SSSR count). The van der Waals surface area contributed by atoms with Crippen molar-refractivity contribution in [1.82, 2.24) is 14.9 Å². The van der Waals surface area contributed by atoms with Crippen LogP contribution in [0.5, 0.6) is 0 Å². The van der Waals surface area contributed by atoms with E-state index in [1.807, 2.05) is 24.0 Å². The molecule has 1 aliphatic heterocycles. The predicted octanol–water partition coefficient (Wildman–Crippen LogP) is 2.31. The largest absolute Gasteiger partial charge is 0.478 e. The molecule has 1 fully saturated rings. The summed E-state index contributed by atoms with van der Waals surface area (Å²) in [6.07, 6.45) is 4.89. The molecule has 7 heteroatoms. The molecule has 2 N–H and O–H groups in total. The second-order valence-corrected chi connectivity index (χ2v) is 6.44. The van der Waals surface area contributed by atoms with E-state index in [2.05, 4.69) is 15.3 Å². The maximum atomic E-state index is 12.6. The quantitative estimate of drug-likeness (QED) is 0.826. The zero-order valence-corrected chi connectivity index (χ0v) is 14.7. The fourth-order valence-electron chi connectivity index (χ4n) is 3.17. The zero-order chi connectivity index (χ0) is 18.5. The van der Waals surface area contributed by atoms with Crippen molar-refractivity contribution in [2.45, 2.75) is 19.8 Å². The average molecular weight is 354 g/mol. The summed E-state index contributed by atoms with van der Waals surface area (Å²) in [6, 6.07) is 6.94. The van der Waals surface area contributed by atoms with Crippen LogP contribution in [0.3, 0.4) is 0 Å². The van der Waals surface area contributed by atoms with Gasteiger partial charge in [-0.05, 0) is 43.4 Å². The van der Waals surface area contributed by atoms with Gasteiger partial charge in [-0.2, -0.15) is 0 Å². The fourth-order valence-corrected chi connectivity index (χ4v) is 3.17. The molecule has 2 heterocycles. The van der Waals surface area contributed by atoms with Gasteiger partial charge in [-0.3, -0.25) is 4.79 Å². The lowest BCUT2D eigenvalue weighted by molar-refractivity contribution is 0.0696. The van der Waals surface area contributed by atoms with Crippen LogP contribution >= 0.6 is 0 Å². The lowest BCUT2D eigenvalue weighted by atomic mass is 9.98. The highest BCUT2D eigenvalue weighted by Crippen LogP contribution is 2.22. The van der Waals surface area contributed by atoms with E-state index in [1.54, 1.807) is 24.5 Å². The topological polar surface area (TPSA) is 95.4 Å². The molecular weight excluding hydrogens is 332 g/mol. The van der Waals surface area contributed by atoms with E-state index in [9.17, 15) is 9.59 Å². The van der Waals surface area contributed by atoms with E-state index in [-0.39, 0.29) is 11.5 Å². The summed E-state index contributed by atoms with van der Waals surface area (Å²) in [7, 11) is 0. The monoisotopic (exact) mass is 354 g/mol. The molecule has 136 valence electrons. The van der Waals surface area contributed by atoms with Crippen LogP contribution in [0.2, 0.25) is 0 Å². The molecule has 26 heavy (non-hydrogen) atoms. The number of hydrogen-bond donors (Lipinski definition) is 2. The molecule has 0 radical (unpaired) electrons. The van der Waals surface area contributed by atoms with Gasteiger partial charge in [0, 0.05) is 32.0 Å². The molecule has 0 unspecified atom stereocenters. The van der Waals surface area contributed by atoms with Crippen LogP contribution in [-0.2, 0) is 6.42 Å². The molecule has 1 aliphatic rings. The number of likely N-dealkylation sites (tertiary alicyclic amines) is 1. The van der Waals surface area contributed by atoms with Crippen LogP contribution in [0, 0.1) is 5.92 Å². The van der Waals surface area contributed by atoms with Crippen molar-refractivity contribution in [1.29, 1.82) is 0 Å². The van der Waals surface area contributed by atoms with Crippen molar-refractivity contribution < 1.29 is 14.7 Å². The molecule has 2 aromatic rings. The molecule has 0 saturated carbocycles. The minimum Gasteiger partial charge on any atom is -0.478 e. The highest BCUT2D eigenvalue weighted by atomic mass is 16.4. The molecule has 1 atom stereocenters. The van der Waals surface area contributed by atoms with Crippen LogP contribution in [0.1, 0.15) is 39.6 Å². The van der Waals surface area contributed by atoms with Crippen LogP contribution in [0.4, 0.5) is 5.95 Å². The van der Waals surface area contributed by atoms with Gasteiger partial charge in [0.05, 0.1) is 11.1 Å². The summed E-state index contributed by atoms with van der Waals surface area (Å²) in [5.41, 5.74) is 1.88. The number of nitrogens with zero attached hydrogens (tertiary/aromatic N) is 3. The van der Waals surface area contributed by atoms with Gasteiger partial charge in [0.1, 0.15) is 0 Å². The summed E-state index contributed by atoms with van der Waals surface area (Å²) < 4.78 is 0. The van der Waals surface area contributed by atoms with E-state index in [1.165, 1.54) is 0 Å². The smallest absolute Gasteiger partial charge is 0.335 e. The molecule has 0 spiro atoms. The first-order chi connectivity index (χ1) is 12.6. The highest BCUT2D eigenvalue weighted by Gasteiger charge is 2.27. The Hall–Kier alpha value is -2.96. The van der Waals surface area contributed by atoms with Gasteiger partial charge in [0.2, 0.25) is 5.95 Å². The Labute approximate surface area is 152 Å². The van der Waals surface area contributed by atoms with Crippen molar-refractivity contribution in [3.63, 3.8) is 0 Å². The minimum absolute atomic E-state index is 0.0447. The molecule has 0 aliphatic carbocycles. The summed E-state index contributed by atoms with van der Waals surface area (Å²) >= 11 is 0. The van der Waals surface area contributed by atoms with Gasteiger partial charge in [0.15, 0.2) is 0 Å². The number of carboxylic acids is 1. The number of aromatic nitrogens is 2. The maximum absolute atomic E-state index is 12.6. The van der Waals surface area contributed by atoms with Crippen molar-refractivity contribution in [3.05, 3.63) is 53.3 Å². The predicted molar refractivity (Wildman–Crippen MR) is 97.3 cm³/mol. The Balaban J connectivity index is 1.57. The first-order valence-electron chi connectivity index (χ1n) is 8.74. The van der Waals surface area contributed by atoms with E-state index in [0.29, 0.717) is 30.5 Å². The Bertz CT molecular complexity index is 774. The van der Waals surface area contributed by atoms with Gasteiger partial charge >= 0.3 is 5.97 Å². The Kier molecular flexibility index (Phi) is 5.46. The second-order valence-electron chi connectivity index (χ2n) is 6.44. The van der Waals surface area contributed by atoms with Gasteiger partial charge in [-0.1, -0.05) is 12.1 Å². The number of amides is 1. The van der Waals surface area contributed by atoms with Crippen molar-refractivity contribution in [2.75, 3.05) is 25.0 Å². The number of carboxylic acid groups (broad SMARTS) is 1. The van der Waals surface area contributed by atoms with Gasteiger partial charge in [-0.25, -0.2) is 14.8 Å². The molecule has 1 amide bonds. The van der Waals surface area contributed by atoms with Gasteiger partial charge in [0.25, 0.3) is 5.91 Å². The zero-order valence-electron chi connectivity index (χ0n) is 14.7. The molecule has 1 aromatic heterocycles. The van der Waals surface area contributed by atoms with Crippen molar-refractivity contribution >= 4 is 17.8 Å². The standard InChI is InChI=1S/C19H22N4O3/c1-2-20-19-21-10-16(11-22-19)17(24)23-8-7-14(12-23)9-13-3-5-15(6-4-13)18(25)26/h3-6,10-11,14H,2,7-9,12H2,1H3,(H,25,26)(H,20,21,22)/t14-/m0/s1. The third-order valence-electron chi connectivity index (χ3n) is 4.53. The maximum Gasteiger partial charge on any atom is 0.335 e. The normalized spacial score (nSPS) is 16.5. The van der Waals surface area contributed by atoms with Crippen molar-refractivity contribution in [3.8, 4) is 0 Å². The summed E-state index contributed by atoms with van der Waals surface area (Å²) in [5.74, 6) is -0.0712. The van der Waals surface area contributed by atoms with Crippen molar-refractivity contribution in [2.24, 2.45) is 5.92 Å². The summed E-state index contributed by atoms with van der Waals surface area (Å²) in [6.45, 7) is 4.09. The number of hydrogen-bond acceptors (Lipinski definition) is 5. The third kappa shape index (κ3) is 4.17. The van der Waals surface area contributed by atoms with Gasteiger partial charge in [-0.15, -0.1) is 0 Å². The number of benzene rings is 1. The second kappa shape index (κ2) is 7.95. The third-order valence-corrected chi connectivity index (χ3v) is 4.53. The van der Waals surface area contributed by atoms with E-state index >= 15 is 0 Å². The summed E-state index contributed by atoms with van der Waals surface area (Å²) in [4.78, 5) is 33.6. The number of aromatic carboxylic acids is 1. The van der Waals surface area contributed by atoms with Crippen LogP contribution < -0.4 is 5.32 Å². The lowest BCUT2D eigenvalue weighted by Gasteiger charge is -2.16. The van der Waals surface area contributed by atoms with E-state index in [4.69, 9.17) is 5.11 Å². The van der Waals surface area contributed by atoms with Crippen LogP contribution in [0.25, 0.3) is 0 Å². The summed E-state index contributed by atoms with van der Waals surface area (Å²) in [5, 5.41) is 12.0. The molecular formula is C19H22N4O3. The lowest BCUT2D eigenvalue weighted by Crippen LogP contribution is -2.29. The number of rotatable bonds is 6. The average Bonchev–Trinajstić information content (AvgIpc) is 3.11. The first kappa shape index (κ1) is 17.8. The first-order valence-corrected chi connectivity index (χ1v) is 8.74. The Morgan fingerprint density at radius 2 is 1.88 bits per heavy atom. The fraction of sp³-hybridized carbons (Fsp3) is 0.368. The van der Waals surface area contributed by atoms with Crippen LogP contribution in [0.15, 0.2) is 36.7 Å². The minimum atomic E-state index is -0.920. The Morgan fingerprint density at radius 1 is 1.19 bits per heavy atom. The molecule has 7 nitrogen and oxygen atoms in total. The molecule has 1 aromatic carbocycles.